The molecule has 5 nitrogen and oxygen atoms in total. The number of carbonyl (C=O) groups is 1. The monoisotopic (exact) mass is 380 g/mol. The molecular formula is C17H21BrN2O3. The number of carbonyl (C=O) groups excluding carboxylic acids is 1. The lowest BCUT2D eigenvalue weighted by atomic mass is 10.2. The molecule has 2 N–H and O–H groups in total. The summed E-state index contributed by atoms with van der Waals surface area (Å²) in [7, 11) is 0. The summed E-state index contributed by atoms with van der Waals surface area (Å²) in [4.78, 5) is 15.3. The normalized spacial score (nSPS) is 17.7. The third kappa shape index (κ3) is 4.56. The van der Waals surface area contributed by atoms with E-state index in [1.807, 2.05) is 24.3 Å². The van der Waals surface area contributed by atoms with E-state index in [0.717, 1.165) is 41.2 Å². The van der Waals surface area contributed by atoms with Gasteiger partial charge in [-0.25, -0.2) is 0 Å². The molecule has 2 aromatic rings. The number of hydrogen-bond acceptors (Lipinski definition) is 3. The van der Waals surface area contributed by atoms with Crippen LogP contribution in [0.1, 0.15) is 29.8 Å². The second kappa shape index (κ2) is 7.95. The second-order valence-corrected chi connectivity index (χ2v) is 6.65. The Balaban J connectivity index is 1.38. The Bertz CT molecular complexity index is 665. The van der Waals surface area contributed by atoms with Gasteiger partial charge in [-0.3, -0.25) is 4.79 Å². The summed E-state index contributed by atoms with van der Waals surface area (Å²) in [5.41, 5.74) is 1.54. The molecule has 1 aromatic heterocycles. The van der Waals surface area contributed by atoms with Crippen LogP contribution in [0.3, 0.4) is 0 Å². The number of rotatable bonds is 7. The van der Waals surface area contributed by atoms with Crippen molar-refractivity contribution in [3.8, 4) is 0 Å². The molecule has 0 spiro atoms. The highest BCUT2D eigenvalue weighted by Gasteiger charge is 2.15. The fraction of sp³-hybridized carbons (Fsp3) is 0.471. The topological polar surface area (TPSA) is 63.4 Å². The Morgan fingerprint density at radius 3 is 3.17 bits per heavy atom. The van der Waals surface area contributed by atoms with E-state index in [2.05, 4.69) is 26.2 Å². The van der Waals surface area contributed by atoms with Gasteiger partial charge in [-0.15, -0.1) is 0 Å². The number of ether oxygens (including phenoxy) is 2. The largest absolute Gasteiger partial charge is 0.379 e. The van der Waals surface area contributed by atoms with E-state index < -0.39 is 0 Å². The number of halogens is 1. The average molecular weight is 381 g/mol. The molecule has 0 radical (unpaired) electrons. The molecule has 2 heterocycles. The van der Waals surface area contributed by atoms with Crippen molar-refractivity contribution in [2.75, 3.05) is 26.4 Å². The molecule has 1 saturated heterocycles. The molecule has 3 rings (SSSR count). The predicted octanol–water partition coefficient (Wildman–Crippen LogP) is 3.25. The number of fused-ring (bicyclic) bond motifs is 1. The van der Waals surface area contributed by atoms with Crippen molar-refractivity contribution >= 4 is 32.7 Å². The van der Waals surface area contributed by atoms with Crippen LogP contribution in [0.5, 0.6) is 0 Å². The number of H-pyrrole nitrogens is 1. The third-order valence-electron chi connectivity index (χ3n) is 3.91. The minimum absolute atomic E-state index is 0.0866. The molecular weight excluding hydrogens is 360 g/mol. The highest BCUT2D eigenvalue weighted by Crippen LogP contribution is 2.20. The van der Waals surface area contributed by atoms with Crippen LogP contribution in [0.15, 0.2) is 28.7 Å². The first-order chi connectivity index (χ1) is 11.2. The minimum atomic E-state index is -0.0866. The Morgan fingerprint density at radius 1 is 1.43 bits per heavy atom. The van der Waals surface area contributed by atoms with Crippen molar-refractivity contribution in [3.05, 3.63) is 34.4 Å². The average Bonchev–Trinajstić information content (AvgIpc) is 3.19. The highest BCUT2D eigenvalue weighted by atomic mass is 79.9. The smallest absolute Gasteiger partial charge is 0.267 e. The summed E-state index contributed by atoms with van der Waals surface area (Å²) in [5, 5.41) is 3.93. The van der Waals surface area contributed by atoms with Crippen LogP contribution in [0, 0.1) is 0 Å². The van der Waals surface area contributed by atoms with E-state index in [0.29, 0.717) is 25.5 Å². The quantitative estimate of drug-likeness (QED) is 0.724. The van der Waals surface area contributed by atoms with Gasteiger partial charge >= 0.3 is 0 Å². The summed E-state index contributed by atoms with van der Waals surface area (Å²) in [5.74, 6) is -0.0866. The highest BCUT2D eigenvalue weighted by molar-refractivity contribution is 9.10. The van der Waals surface area contributed by atoms with Crippen molar-refractivity contribution in [3.63, 3.8) is 0 Å². The van der Waals surface area contributed by atoms with Crippen molar-refractivity contribution in [2.45, 2.75) is 25.4 Å². The molecule has 0 saturated carbocycles. The molecule has 1 unspecified atom stereocenters. The van der Waals surface area contributed by atoms with Gasteiger partial charge in [-0.05, 0) is 43.5 Å². The van der Waals surface area contributed by atoms with Crippen molar-refractivity contribution in [2.24, 2.45) is 0 Å². The fourth-order valence-electron chi connectivity index (χ4n) is 2.69. The van der Waals surface area contributed by atoms with E-state index >= 15 is 0 Å². The number of nitrogens with one attached hydrogen (secondary N) is 2. The van der Waals surface area contributed by atoms with Gasteiger partial charge in [0.15, 0.2) is 0 Å². The van der Waals surface area contributed by atoms with E-state index in [1.54, 1.807) is 0 Å². The molecule has 1 aliphatic rings. The molecule has 1 aromatic carbocycles. The zero-order valence-electron chi connectivity index (χ0n) is 12.9. The van der Waals surface area contributed by atoms with Crippen LogP contribution in [0.25, 0.3) is 10.9 Å². The molecule has 124 valence electrons. The summed E-state index contributed by atoms with van der Waals surface area (Å²) >= 11 is 3.43. The first-order valence-corrected chi connectivity index (χ1v) is 8.77. The minimum Gasteiger partial charge on any atom is -0.379 e. The Labute approximate surface area is 143 Å². The molecule has 1 amide bonds. The molecule has 6 heteroatoms. The molecule has 1 fully saturated rings. The lowest BCUT2D eigenvalue weighted by Gasteiger charge is -2.10. The number of hydrogen-bond donors (Lipinski definition) is 2. The first kappa shape index (κ1) is 16.5. The van der Waals surface area contributed by atoms with Gasteiger partial charge in [0.2, 0.25) is 0 Å². The van der Waals surface area contributed by atoms with E-state index in [1.165, 1.54) is 0 Å². The van der Waals surface area contributed by atoms with Crippen molar-refractivity contribution in [1.29, 1.82) is 0 Å². The molecule has 23 heavy (non-hydrogen) atoms. The lowest BCUT2D eigenvalue weighted by Crippen LogP contribution is -2.26. The fourth-order valence-corrected chi connectivity index (χ4v) is 3.07. The van der Waals surface area contributed by atoms with Gasteiger partial charge in [0, 0.05) is 35.1 Å². The van der Waals surface area contributed by atoms with Crippen LogP contribution in [0.2, 0.25) is 0 Å². The van der Waals surface area contributed by atoms with Gasteiger partial charge in [0.05, 0.1) is 12.7 Å². The molecule has 0 bridgehead atoms. The number of aromatic nitrogens is 1. The Kier molecular flexibility index (Phi) is 5.70. The maximum atomic E-state index is 12.1. The number of aromatic amines is 1. The van der Waals surface area contributed by atoms with Crippen LogP contribution in [-0.4, -0.2) is 43.4 Å². The van der Waals surface area contributed by atoms with Crippen molar-refractivity contribution < 1.29 is 14.3 Å². The van der Waals surface area contributed by atoms with Gasteiger partial charge in [-0.2, -0.15) is 0 Å². The Hall–Kier alpha value is -1.37. The molecule has 1 aliphatic heterocycles. The summed E-state index contributed by atoms with van der Waals surface area (Å²) in [6.07, 6.45) is 3.28. The van der Waals surface area contributed by atoms with Crippen LogP contribution >= 0.6 is 15.9 Å². The predicted molar refractivity (Wildman–Crippen MR) is 92.7 cm³/mol. The van der Waals surface area contributed by atoms with E-state index in [-0.39, 0.29) is 12.0 Å². The zero-order chi connectivity index (χ0) is 16.1. The van der Waals surface area contributed by atoms with Crippen LogP contribution < -0.4 is 5.32 Å². The summed E-state index contributed by atoms with van der Waals surface area (Å²) < 4.78 is 12.1. The van der Waals surface area contributed by atoms with Gasteiger partial charge in [-0.1, -0.05) is 15.9 Å². The maximum Gasteiger partial charge on any atom is 0.267 e. The van der Waals surface area contributed by atoms with Crippen molar-refractivity contribution in [1.82, 2.24) is 10.3 Å². The van der Waals surface area contributed by atoms with Crippen LogP contribution in [0.4, 0.5) is 0 Å². The molecule has 0 aliphatic carbocycles. The van der Waals surface area contributed by atoms with E-state index in [4.69, 9.17) is 9.47 Å². The van der Waals surface area contributed by atoms with Gasteiger partial charge < -0.3 is 19.8 Å². The third-order valence-corrected chi connectivity index (χ3v) is 4.40. The second-order valence-electron chi connectivity index (χ2n) is 5.73. The maximum absolute atomic E-state index is 12.1. The van der Waals surface area contributed by atoms with Gasteiger partial charge in [0.1, 0.15) is 5.69 Å². The van der Waals surface area contributed by atoms with E-state index in [9.17, 15) is 4.79 Å². The standard InChI is InChI=1S/C17H21BrN2O3/c18-13-4-5-15-12(9-13)10-16(20-15)17(21)19-6-2-7-22-11-14-3-1-8-23-14/h4-5,9-10,14,20H,1-3,6-8,11H2,(H,19,21). The Morgan fingerprint density at radius 2 is 2.35 bits per heavy atom. The summed E-state index contributed by atoms with van der Waals surface area (Å²) in [6, 6.07) is 7.76. The first-order valence-electron chi connectivity index (χ1n) is 7.98. The number of benzene rings is 1. The lowest BCUT2D eigenvalue weighted by molar-refractivity contribution is 0.0166. The SMILES string of the molecule is O=C(NCCCOCC1CCCO1)c1cc2cc(Br)ccc2[nH]1. The van der Waals surface area contributed by atoms with Crippen LogP contribution in [-0.2, 0) is 9.47 Å². The zero-order valence-corrected chi connectivity index (χ0v) is 14.5. The summed E-state index contributed by atoms with van der Waals surface area (Å²) in [6.45, 7) is 2.75. The number of amides is 1. The van der Waals surface area contributed by atoms with Gasteiger partial charge in [0.25, 0.3) is 5.91 Å². The molecule has 1 atom stereocenters.